The van der Waals surface area contributed by atoms with E-state index in [4.69, 9.17) is 29.0 Å². The lowest BCUT2D eigenvalue weighted by atomic mass is 9.94. The summed E-state index contributed by atoms with van der Waals surface area (Å²) < 4.78 is 41.0. The standard InChI is InChI=1S/C40H42FN3O6/c1-24-36(38(39(45)46)50-40(2,3)4)37-27-12-15-32-30(21-27)33(16-19-49-32)47-17-7-5-6-8-18-48-34-22-28(41)13-14-29(34)25-10-9-11-26(20-25)31-23-35(42-24)44(37)43-31/h9-15,20-23,33,38H,5-8,16-19H2,1-4H3,(H,45,46)/t33?,38-/m0/s1. The molecule has 9 nitrogen and oxygen atoms in total. The minimum absolute atomic E-state index is 0.179. The normalized spacial score (nSPS) is 17.3. The van der Waals surface area contributed by atoms with Crippen LogP contribution in [0, 0.1) is 12.7 Å². The summed E-state index contributed by atoms with van der Waals surface area (Å²) in [4.78, 5) is 17.8. The minimum atomic E-state index is -1.32. The lowest BCUT2D eigenvalue weighted by Crippen LogP contribution is -2.29. The molecule has 10 heteroatoms. The predicted octanol–water partition coefficient (Wildman–Crippen LogP) is 8.91. The third-order valence-corrected chi connectivity index (χ3v) is 9.08. The zero-order valence-electron chi connectivity index (χ0n) is 28.9. The Kier molecular flexibility index (Phi) is 9.32. The molecule has 7 rings (SSSR count). The third kappa shape index (κ3) is 6.95. The number of hydrogen-bond acceptors (Lipinski definition) is 7. The molecule has 0 fully saturated rings. The number of carboxylic acid groups (broad SMARTS) is 1. The largest absolute Gasteiger partial charge is 0.493 e. The van der Waals surface area contributed by atoms with Crippen molar-refractivity contribution in [3.8, 4) is 45.1 Å². The molecule has 6 bridgehead atoms. The van der Waals surface area contributed by atoms with E-state index in [9.17, 15) is 14.3 Å². The van der Waals surface area contributed by atoms with E-state index in [1.54, 1.807) is 10.6 Å². The fraction of sp³-hybridized carbons (Fsp3) is 0.375. The van der Waals surface area contributed by atoms with Gasteiger partial charge < -0.3 is 24.1 Å². The van der Waals surface area contributed by atoms with Crippen LogP contribution in [0.25, 0.3) is 39.3 Å². The number of aryl methyl sites for hydroxylation is 1. The molecule has 0 aliphatic carbocycles. The van der Waals surface area contributed by atoms with Gasteiger partial charge in [0.15, 0.2) is 11.8 Å². The van der Waals surface area contributed by atoms with Gasteiger partial charge in [0.25, 0.3) is 0 Å². The molecule has 2 aromatic heterocycles. The number of aromatic nitrogens is 3. The molecule has 2 atom stereocenters. The summed E-state index contributed by atoms with van der Waals surface area (Å²) in [7, 11) is 0. The lowest BCUT2D eigenvalue weighted by molar-refractivity contribution is -0.160. The van der Waals surface area contributed by atoms with Crippen molar-refractivity contribution < 1.29 is 33.2 Å². The summed E-state index contributed by atoms with van der Waals surface area (Å²) in [5, 5.41) is 15.6. The monoisotopic (exact) mass is 679 g/mol. The Balaban J connectivity index is 1.45. The molecule has 2 aliphatic rings. The molecular weight excluding hydrogens is 637 g/mol. The number of nitrogens with zero attached hydrogens (tertiary/aromatic N) is 3. The number of carbonyl (C=O) groups is 1. The van der Waals surface area contributed by atoms with Gasteiger partial charge in [-0.25, -0.2) is 18.7 Å². The van der Waals surface area contributed by atoms with E-state index >= 15 is 0 Å². The van der Waals surface area contributed by atoms with Crippen LogP contribution in [0.4, 0.5) is 4.39 Å². The van der Waals surface area contributed by atoms with Gasteiger partial charge in [-0.2, -0.15) is 5.10 Å². The predicted molar refractivity (Wildman–Crippen MR) is 188 cm³/mol. The summed E-state index contributed by atoms with van der Waals surface area (Å²) in [5.74, 6) is -0.243. The maximum Gasteiger partial charge on any atom is 0.337 e. The van der Waals surface area contributed by atoms with Gasteiger partial charge in [0.05, 0.1) is 36.3 Å². The Morgan fingerprint density at radius 1 is 0.920 bits per heavy atom. The Hall–Kier alpha value is -4.80. The van der Waals surface area contributed by atoms with Crippen molar-refractivity contribution in [3.05, 3.63) is 89.4 Å². The fourth-order valence-electron chi connectivity index (χ4n) is 6.80. The summed E-state index contributed by atoms with van der Waals surface area (Å²) >= 11 is 0. The first-order valence-corrected chi connectivity index (χ1v) is 17.3. The topological polar surface area (TPSA) is 104 Å². The van der Waals surface area contributed by atoms with Crippen molar-refractivity contribution in [2.75, 3.05) is 19.8 Å². The van der Waals surface area contributed by atoms with Crippen LogP contribution in [-0.2, 0) is 14.3 Å². The van der Waals surface area contributed by atoms with Gasteiger partial charge in [0.1, 0.15) is 17.3 Å². The van der Waals surface area contributed by atoms with E-state index in [-0.39, 0.29) is 11.9 Å². The second-order valence-electron chi connectivity index (χ2n) is 13.9. The molecule has 5 aromatic rings. The first kappa shape index (κ1) is 33.7. The second-order valence-corrected chi connectivity index (χ2v) is 13.9. The van der Waals surface area contributed by atoms with Gasteiger partial charge in [-0.3, -0.25) is 0 Å². The Bertz CT molecular complexity index is 2050. The minimum Gasteiger partial charge on any atom is -0.493 e. The highest BCUT2D eigenvalue weighted by Crippen LogP contribution is 2.42. The van der Waals surface area contributed by atoms with Crippen LogP contribution in [-0.4, -0.2) is 51.1 Å². The molecule has 0 spiro atoms. The molecule has 0 amide bonds. The number of benzene rings is 3. The Labute approximate surface area is 291 Å². The second kappa shape index (κ2) is 13.8. The van der Waals surface area contributed by atoms with Gasteiger partial charge in [0.2, 0.25) is 0 Å². The van der Waals surface area contributed by atoms with Crippen LogP contribution < -0.4 is 9.47 Å². The summed E-state index contributed by atoms with van der Waals surface area (Å²) in [6.45, 7) is 8.92. The fourth-order valence-corrected chi connectivity index (χ4v) is 6.80. The van der Waals surface area contributed by atoms with Crippen LogP contribution in [0.5, 0.6) is 11.5 Å². The Morgan fingerprint density at radius 3 is 2.50 bits per heavy atom. The molecule has 50 heavy (non-hydrogen) atoms. The van der Waals surface area contributed by atoms with Crippen molar-refractivity contribution in [2.45, 2.75) is 77.6 Å². The zero-order chi connectivity index (χ0) is 35.0. The third-order valence-electron chi connectivity index (χ3n) is 9.08. The number of fused-ring (bicyclic) bond motifs is 8. The van der Waals surface area contributed by atoms with Crippen molar-refractivity contribution in [1.82, 2.24) is 14.6 Å². The summed E-state index contributed by atoms with van der Waals surface area (Å²) in [5.41, 5.74) is 6.05. The number of carboxylic acids is 1. The van der Waals surface area contributed by atoms with E-state index in [2.05, 4.69) is 0 Å². The van der Waals surface area contributed by atoms with Crippen LogP contribution in [0.2, 0.25) is 0 Å². The highest BCUT2D eigenvalue weighted by molar-refractivity contribution is 5.82. The van der Waals surface area contributed by atoms with Gasteiger partial charge in [-0.15, -0.1) is 0 Å². The van der Waals surface area contributed by atoms with Gasteiger partial charge in [-0.1, -0.05) is 24.6 Å². The molecule has 0 saturated heterocycles. The van der Waals surface area contributed by atoms with Crippen LogP contribution in [0.15, 0.2) is 66.7 Å². The number of ether oxygens (including phenoxy) is 4. The summed E-state index contributed by atoms with van der Waals surface area (Å²) in [6.07, 6.45) is 2.87. The SMILES string of the molecule is Cc1nc2cc3nn2c(c1[C@H](OC(C)(C)C)C(=O)O)-c1ccc2c(c1)C(CCO2)OCCCCCCOc1cc(F)ccc1-c1cccc-3c1. The maximum atomic E-state index is 14.4. The van der Waals surface area contributed by atoms with Crippen molar-refractivity contribution in [1.29, 1.82) is 0 Å². The smallest absolute Gasteiger partial charge is 0.337 e. The average Bonchev–Trinajstić information content (AvgIpc) is 3.50. The highest BCUT2D eigenvalue weighted by Gasteiger charge is 2.34. The van der Waals surface area contributed by atoms with Crippen molar-refractivity contribution in [3.63, 3.8) is 0 Å². The van der Waals surface area contributed by atoms with E-state index in [1.165, 1.54) is 12.1 Å². The average molecular weight is 680 g/mol. The van der Waals surface area contributed by atoms with Crippen LogP contribution >= 0.6 is 0 Å². The van der Waals surface area contributed by atoms with E-state index in [0.29, 0.717) is 60.3 Å². The first-order chi connectivity index (χ1) is 24.1. The molecule has 4 heterocycles. The van der Waals surface area contributed by atoms with Crippen LogP contribution in [0.3, 0.4) is 0 Å². The molecule has 1 unspecified atom stereocenters. The number of aliphatic carboxylic acids is 1. The number of rotatable bonds is 3. The number of hydrogen-bond donors (Lipinski definition) is 1. The van der Waals surface area contributed by atoms with E-state index in [0.717, 1.165) is 59.3 Å². The van der Waals surface area contributed by atoms with Crippen molar-refractivity contribution >= 4 is 11.6 Å². The molecule has 2 aliphatic heterocycles. The molecule has 3 aromatic carbocycles. The van der Waals surface area contributed by atoms with E-state index < -0.39 is 17.7 Å². The highest BCUT2D eigenvalue weighted by atomic mass is 19.1. The van der Waals surface area contributed by atoms with Crippen molar-refractivity contribution in [2.24, 2.45) is 0 Å². The molecule has 260 valence electrons. The quantitative estimate of drug-likeness (QED) is 0.202. The molecule has 0 saturated carbocycles. The number of halogens is 1. The van der Waals surface area contributed by atoms with E-state index in [1.807, 2.05) is 76.2 Å². The summed E-state index contributed by atoms with van der Waals surface area (Å²) in [6, 6.07) is 20.3. The maximum absolute atomic E-state index is 14.4. The van der Waals surface area contributed by atoms with Gasteiger partial charge in [0, 0.05) is 58.7 Å². The molecular formula is C40H42FN3O6. The first-order valence-electron chi connectivity index (χ1n) is 17.3. The van der Waals surface area contributed by atoms with Gasteiger partial charge in [-0.05, 0) is 88.9 Å². The van der Waals surface area contributed by atoms with Crippen LogP contribution in [0.1, 0.15) is 81.9 Å². The molecule has 1 N–H and O–H groups in total. The lowest BCUT2D eigenvalue weighted by Gasteiger charge is -2.29. The Morgan fingerprint density at radius 2 is 1.70 bits per heavy atom. The molecule has 0 radical (unpaired) electrons. The van der Waals surface area contributed by atoms with Gasteiger partial charge >= 0.3 is 5.97 Å². The zero-order valence-corrected chi connectivity index (χ0v) is 28.9.